The Kier molecular flexibility index (Phi) is 8.95. The van der Waals surface area contributed by atoms with Gasteiger partial charge in [0.25, 0.3) is 0 Å². The Morgan fingerprint density at radius 1 is 0.333 bits per heavy atom. The molecule has 0 aromatic heterocycles. The third-order valence-corrected chi connectivity index (χ3v) is 16.6. The summed E-state index contributed by atoms with van der Waals surface area (Å²) in [6, 6.07) is 94.1. The molecule has 63 heavy (non-hydrogen) atoms. The monoisotopic (exact) mass is 822 g/mol. The minimum absolute atomic E-state index is 1.09. The number of para-hydroxylation sites is 2. The van der Waals surface area contributed by atoms with Crippen molar-refractivity contribution in [1.82, 2.24) is 0 Å². The zero-order valence-corrected chi connectivity index (χ0v) is 35.4. The lowest BCUT2D eigenvalue weighted by atomic mass is 9.97. The van der Waals surface area contributed by atoms with Crippen LogP contribution in [0, 0.1) is 0 Å². The van der Waals surface area contributed by atoms with Gasteiger partial charge in [-0.15, -0.1) is 10.0 Å². The number of anilines is 6. The maximum absolute atomic E-state index is 2.49. The van der Waals surface area contributed by atoms with Crippen LogP contribution in [0.3, 0.4) is 0 Å². The van der Waals surface area contributed by atoms with E-state index >= 15 is 0 Å². The first-order valence-electron chi connectivity index (χ1n) is 21.6. The highest BCUT2D eigenvalue weighted by Crippen LogP contribution is 2.79. The van der Waals surface area contributed by atoms with Crippen molar-refractivity contribution in [2.24, 2.45) is 0 Å². The van der Waals surface area contributed by atoms with Crippen molar-refractivity contribution in [3.63, 3.8) is 0 Å². The van der Waals surface area contributed by atoms with Crippen LogP contribution < -0.4 is 9.80 Å². The predicted octanol–water partition coefficient (Wildman–Crippen LogP) is 17.4. The Labute approximate surface area is 369 Å². The van der Waals surface area contributed by atoms with Crippen molar-refractivity contribution < 1.29 is 0 Å². The van der Waals surface area contributed by atoms with E-state index in [2.05, 4.69) is 265 Å². The van der Waals surface area contributed by atoms with Crippen LogP contribution in [0.2, 0.25) is 0 Å². The summed E-state index contributed by atoms with van der Waals surface area (Å²) in [4.78, 5) is 10.2. The maximum atomic E-state index is 2.49. The first-order valence-corrected chi connectivity index (χ1v) is 23.2. The van der Waals surface area contributed by atoms with Crippen LogP contribution in [0.15, 0.2) is 274 Å². The molecule has 0 saturated heterocycles. The molecule has 0 saturated carbocycles. The minimum Gasteiger partial charge on any atom is -0.310 e. The highest BCUT2D eigenvalue weighted by molar-refractivity contribution is 8.34. The Morgan fingerprint density at radius 3 is 1.60 bits per heavy atom. The van der Waals surface area contributed by atoms with Crippen molar-refractivity contribution in [2.75, 3.05) is 9.80 Å². The zero-order valence-electron chi connectivity index (χ0n) is 34.6. The van der Waals surface area contributed by atoms with Gasteiger partial charge in [-0.1, -0.05) is 170 Å². The molecule has 0 radical (unpaired) electrons. The van der Waals surface area contributed by atoms with Gasteiger partial charge in [0.2, 0.25) is 0 Å². The van der Waals surface area contributed by atoms with Gasteiger partial charge in [0.05, 0.1) is 17.1 Å². The fourth-order valence-corrected chi connectivity index (χ4v) is 14.0. The molecule has 1 heterocycles. The molecule has 298 valence electrons. The van der Waals surface area contributed by atoms with Crippen LogP contribution >= 0.6 is 10.0 Å². The van der Waals surface area contributed by atoms with E-state index in [-0.39, 0.29) is 0 Å². The van der Waals surface area contributed by atoms with E-state index in [1.165, 1.54) is 74.4 Å². The molecule has 0 aliphatic carbocycles. The smallest absolute Gasteiger partial charge is 0.0613 e. The van der Waals surface area contributed by atoms with Crippen molar-refractivity contribution in [1.29, 1.82) is 0 Å². The van der Waals surface area contributed by atoms with Gasteiger partial charge < -0.3 is 9.80 Å². The van der Waals surface area contributed by atoms with E-state index in [0.717, 1.165) is 22.7 Å². The molecule has 11 aromatic rings. The molecule has 0 N–H and O–H groups in total. The normalized spacial score (nSPS) is 13.4. The topological polar surface area (TPSA) is 6.48 Å². The second kappa shape index (κ2) is 15.3. The van der Waals surface area contributed by atoms with Crippen LogP contribution in [0.5, 0.6) is 0 Å². The largest absolute Gasteiger partial charge is 0.310 e. The molecule has 0 spiro atoms. The van der Waals surface area contributed by atoms with Gasteiger partial charge in [0.1, 0.15) is 0 Å². The molecular formula is C60H42N2S. The number of hydrogen-bond acceptors (Lipinski definition) is 2. The van der Waals surface area contributed by atoms with Gasteiger partial charge in [-0.05, 0) is 123 Å². The summed E-state index contributed by atoms with van der Waals surface area (Å²) in [5, 5.41) is 7.39. The lowest BCUT2D eigenvalue weighted by molar-refractivity contribution is 1.11. The average Bonchev–Trinajstić information content (AvgIpc) is 3.36. The molecule has 0 bridgehead atoms. The molecule has 2 nitrogen and oxygen atoms in total. The fourth-order valence-electron chi connectivity index (χ4n) is 9.89. The van der Waals surface area contributed by atoms with E-state index < -0.39 is 10.0 Å². The highest BCUT2D eigenvalue weighted by atomic mass is 32.3. The average molecular weight is 823 g/mol. The lowest BCUT2D eigenvalue weighted by Crippen LogP contribution is -2.22. The van der Waals surface area contributed by atoms with Crippen LogP contribution in [-0.2, 0) is 0 Å². The van der Waals surface area contributed by atoms with Gasteiger partial charge in [0, 0.05) is 42.0 Å². The summed E-state index contributed by atoms with van der Waals surface area (Å²) in [5.41, 5.74) is 9.22. The van der Waals surface area contributed by atoms with Crippen LogP contribution in [-0.4, -0.2) is 0 Å². The molecule has 1 aliphatic heterocycles. The van der Waals surface area contributed by atoms with Gasteiger partial charge in [-0.25, -0.2) is 0 Å². The van der Waals surface area contributed by atoms with E-state index in [0.29, 0.717) is 0 Å². The SMILES string of the molecule is c1ccc(N2c3ccccc3S(c3ccccc3)(c3ccccc3)c3ccc(N(c4ccc(-c5cccc6ccccc56)cc4)c4cc5ccccc5c5ccccc45)cc32)cc1. The Balaban J connectivity index is 1.15. The first-order chi connectivity index (χ1) is 31.3. The third kappa shape index (κ3) is 5.96. The molecule has 12 rings (SSSR count). The molecule has 1 aliphatic rings. The van der Waals surface area contributed by atoms with Gasteiger partial charge in [-0.3, -0.25) is 0 Å². The van der Waals surface area contributed by atoms with Crippen LogP contribution in [0.25, 0.3) is 43.4 Å². The highest BCUT2D eigenvalue weighted by Gasteiger charge is 2.43. The van der Waals surface area contributed by atoms with Crippen molar-refractivity contribution in [2.45, 2.75) is 19.6 Å². The van der Waals surface area contributed by atoms with Crippen molar-refractivity contribution in [3.8, 4) is 11.1 Å². The summed E-state index contributed by atoms with van der Waals surface area (Å²) in [5.74, 6) is 0. The van der Waals surface area contributed by atoms with Gasteiger partial charge >= 0.3 is 0 Å². The molecule has 0 atom stereocenters. The molecule has 3 heteroatoms. The zero-order chi connectivity index (χ0) is 41.7. The van der Waals surface area contributed by atoms with E-state index in [1.807, 2.05) is 0 Å². The molecule has 11 aromatic carbocycles. The Hall–Kier alpha value is -7.85. The third-order valence-electron chi connectivity index (χ3n) is 12.6. The maximum Gasteiger partial charge on any atom is 0.0613 e. The summed E-state index contributed by atoms with van der Waals surface area (Å²) < 4.78 is 0. The van der Waals surface area contributed by atoms with E-state index in [4.69, 9.17) is 0 Å². The number of benzene rings is 11. The Morgan fingerprint density at radius 2 is 0.873 bits per heavy atom. The quantitative estimate of drug-likeness (QED) is 0.148. The molecular weight excluding hydrogens is 781 g/mol. The summed E-state index contributed by atoms with van der Waals surface area (Å²) in [7, 11) is -1.96. The molecule has 0 unspecified atom stereocenters. The van der Waals surface area contributed by atoms with Gasteiger partial charge in [-0.2, -0.15) is 0 Å². The van der Waals surface area contributed by atoms with Crippen LogP contribution in [0.1, 0.15) is 0 Å². The first kappa shape index (κ1) is 37.0. The predicted molar refractivity (Wildman–Crippen MR) is 267 cm³/mol. The second-order valence-corrected chi connectivity index (χ2v) is 19.1. The van der Waals surface area contributed by atoms with Gasteiger partial charge in [0.15, 0.2) is 0 Å². The van der Waals surface area contributed by atoms with Crippen molar-refractivity contribution >= 4 is 76.5 Å². The fraction of sp³-hybridized carbons (Fsp3) is 0. The Bertz CT molecular complexity index is 3410. The van der Waals surface area contributed by atoms with Crippen molar-refractivity contribution in [3.05, 3.63) is 255 Å². The lowest BCUT2D eigenvalue weighted by Gasteiger charge is -2.50. The van der Waals surface area contributed by atoms with E-state index in [9.17, 15) is 0 Å². The van der Waals surface area contributed by atoms with E-state index in [1.54, 1.807) is 0 Å². The summed E-state index contributed by atoms with van der Waals surface area (Å²) in [6.45, 7) is 0. The molecule has 0 fully saturated rings. The number of rotatable bonds is 7. The summed E-state index contributed by atoms with van der Waals surface area (Å²) >= 11 is 0. The minimum atomic E-state index is -1.96. The summed E-state index contributed by atoms with van der Waals surface area (Å²) in [6.07, 6.45) is 0. The standard InChI is InChI=1S/C60H42N2S/c1-4-22-46(23-5-1)62-56-33-16-17-34-59(56)63(49-24-6-2-7-25-49,50-26-8-3-9-27-50)60-40-39-48(42-58(60)62)61(57-41-45-20-11-13-29-53(45)54-30-14-15-31-55(54)57)47-37-35-44(36-38-47)52-32-18-21-43-19-10-12-28-51(43)52/h1-42H. The number of hydrogen-bond donors (Lipinski definition) is 0. The number of fused-ring (bicyclic) bond motifs is 6. The van der Waals surface area contributed by atoms with Crippen LogP contribution in [0.4, 0.5) is 34.1 Å². The number of nitrogens with zero attached hydrogens (tertiary/aromatic N) is 2. The molecule has 0 amide bonds. The second-order valence-electron chi connectivity index (χ2n) is 16.1.